The second kappa shape index (κ2) is 15.9. The zero-order chi connectivity index (χ0) is 41.9. The lowest BCUT2D eigenvalue weighted by atomic mass is 9.80. The van der Waals surface area contributed by atoms with E-state index in [-0.39, 0.29) is 33.5 Å². The van der Waals surface area contributed by atoms with Crippen molar-refractivity contribution in [1.29, 1.82) is 0 Å². The minimum Gasteiger partial charge on any atom is -0.481 e. The summed E-state index contributed by atoms with van der Waals surface area (Å²) in [5.74, 6) is -1.19. The van der Waals surface area contributed by atoms with Gasteiger partial charge in [-0.05, 0) is 100 Å². The van der Waals surface area contributed by atoms with Crippen molar-refractivity contribution >= 4 is 52.4 Å². The largest absolute Gasteiger partial charge is 0.481 e. The number of aliphatic hydroxyl groups is 1. The fourth-order valence-electron chi connectivity index (χ4n) is 9.60. The van der Waals surface area contributed by atoms with E-state index in [2.05, 4.69) is 20.5 Å². The van der Waals surface area contributed by atoms with Crippen LogP contribution in [0.1, 0.15) is 96.0 Å². The SMILES string of the molecule is Cn1c(C(=O)Nc2cccc(-c3cccc(NC(=O)c4cc5c(cn4)CN(C[C@@H](F)C(C)(C)O)CC5)c3Cl)c2Cl)nc2c1CCN(CCC13CCC(C(=O)O)(CC1)C3)C2. The first-order valence-corrected chi connectivity index (χ1v) is 21.1. The maximum atomic E-state index is 14.5. The van der Waals surface area contributed by atoms with Crippen molar-refractivity contribution in [2.75, 3.05) is 36.8 Å². The number of nitrogens with zero attached hydrogens (tertiary/aromatic N) is 5. The van der Waals surface area contributed by atoms with E-state index in [1.807, 2.05) is 16.5 Å². The molecule has 4 aromatic rings. The van der Waals surface area contributed by atoms with E-state index in [9.17, 15) is 29.0 Å². The van der Waals surface area contributed by atoms with Gasteiger partial charge in [-0.25, -0.2) is 9.37 Å². The maximum Gasteiger partial charge on any atom is 0.309 e. The Labute approximate surface area is 353 Å². The summed E-state index contributed by atoms with van der Waals surface area (Å²) in [6.07, 6.45) is 6.91. The van der Waals surface area contributed by atoms with Crippen LogP contribution in [0.5, 0.6) is 0 Å². The summed E-state index contributed by atoms with van der Waals surface area (Å²) in [7, 11) is 1.85. The number of hydrogen-bond donors (Lipinski definition) is 4. The van der Waals surface area contributed by atoms with Gasteiger partial charge < -0.3 is 25.4 Å². The summed E-state index contributed by atoms with van der Waals surface area (Å²) in [4.78, 5) is 52.6. The molecule has 4 aliphatic rings. The Bertz CT molecular complexity index is 2320. The number of halogens is 3. The van der Waals surface area contributed by atoms with Crippen LogP contribution >= 0.6 is 23.2 Å². The van der Waals surface area contributed by atoms with E-state index in [0.717, 1.165) is 80.6 Å². The number of imidazole rings is 1. The van der Waals surface area contributed by atoms with Gasteiger partial charge >= 0.3 is 5.97 Å². The van der Waals surface area contributed by atoms with Gasteiger partial charge in [0.1, 0.15) is 11.9 Å². The molecule has 4 heterocycles. The van der Waals surface area contributed by atoms with Crippen LogP contribution in [-0.4, -0.2) is 90.3 Å². The first-order chi connectivity index (χ1) is 28.0. The number of hydrogen-bond acceptors (Lipinski definition) is 8. The number of carboxylic acid groups (broad SMARTS) is 1. The topological polar surface area (TPSA) is 153 Å². The second-order valence-corrected chi connectivity index (χ2v) is 18.4. The highest BCUT2D eigenvalue weighted by atomic mass is 35.5. The number of benzene rings is 2. The number of nitrogens with one attached hydrogen (secondary N) is 2. The molecule has 1 atom stereocenters. The highest BCUT2D eigenvalue weighted by Crippen LogP contribution is 2.63. The molecule has 2 fully saturated rings. The van der Waals surface area contributed by atoms with Crippen LogP contribution in [0, 0.1) is 10.8 Å². The van der Waals surface area contributed by atoms with E-state index < -0.39 is 35.0 Å². The molecule has 0 saturated heterocycles. The highest BCUT2D eigenvalue weighted by Gasteiger charge is 2.57. The number of pyridine rings is 1. The molecule has 0 unspecified atom stereocenters. The average molecular weight is 847 g/mol. The molecule has 312 valence electrons. The van der Waals surface area contributed by atoms with E-state index in [4.69, 9.17) is 28.2 Å². The number of fused-ring (bicyclic) bond motifs is 4. The lowest BCUT2D eigenvalue weighted by Gasteiger charge is -2.32. The van der Waals surface area contributed by atoms with Crippen LogP contribution in [-0.2, 0) is 37.8 Å². The Morgan fingerprint density at radius 1 is 0.915 bits per heavy atom. The number of aromatic nitrogens is 3. The van der Waals surface area contributed by atoms with Gasteiger partial charge in [0.15, 0.2) is 5.82 Å². The van der Waals surface area contributed by atoms with Crippen LogP contribution in [0.4, 0.5) is 15.8 Å². The minimum absolute atomic E-state index is 0.104. The third-order valence-electron chi connectivity index (χ3n) is 13.3. The standard InChI is InChI=1S/C44H50Cl2FN7O5/c1-42(2,59)35(47)24-54-17-10-26-20-32(48-21-27(26)22-54)39(55)50-30-8-4-6-28(36(30)45)29-7-5-9-31(37(29)46)51-40(56)38-49-33-23-53(18-11-34(33)52(38)3)19-16-43-12-14-44(25-43,15-13-43)41(57)58/h4-9,20-21,35,59H,10-19,22-25H2,1-3H3,(H,50,55)(H,51,56)(H,57,58)/t35-,43?,44?/m1/s1. The number of anilines is 2. The summed E-state index contributed by atoms with van der Waals surface area (Å²) in [6, 6.07) is 12.2. The Morgan fingerprint density at radius 3 is 2.19 bits per heavy atom. The quantitative estimate of drug-likeness (QED) is 0.113. The van der Waals surface area contributed by atoms with Crippen LogP contribution in [0.15, 0.2) is 48.7 Å². The van der Waals surface area contributed by atoms with Crippen molar-refractivity contribution < 1.29 is 29.0 Å². The lowest BCUT2D eigenvalue weighted by molar-refractivity contribution is -0.148. The van der Waals surface area contributed by atoms with Gasteiger partial charge in [0.2, 0.25) is 0 Å². The van der Waals surface area contributed by atoms with Crippen molar-refractivity contribution in [1.82, 2.24) is 24.3 Å². The molecule has 2 aliphatic carbocycles. The molecule has 12 nitrogen and oxygen atoms in total. The molecule has 2 bridgehead atoms. The maximum absolute atomic E-state index is 14.5. The first-order valence-electron chi connectivity index (χ1n) is 20.3. The monoisotopic (exact) mass is 845 g/mol. The van der Waals surface area contributed by atoms with Gasteiger partial charge in [-0.15, -0.1) is 0 Å². The fourth-order valence-corrected chi connectivity index (χ4v) is 10.1. The molecule has 0 spiro atoms. The molecule has 2 aliphatic heterocycles. The molecule has 0 radical (unpaired) electrons. The Kier molecular flexibility index (Phi) is 11.1. The Balaban J connectivity index is 0.914. The number of carbonyl (C=O) groups is 3. The molecule has 8 rings (SSSR count). The summed E-state index contributed by atoms with van der Waals surface area (Å²) in [6.45, 7) is 6.44. The molecule has 59 heavy (non-hydrogen) atoms. The first kappa shape index (κ1) is 41.3. The van der Waals surface area contributed by atoms with Gasteiger partial charge in [-0.2, -0.15) is 0 Å². The average Bonchev–Trinajstić information content (AvgIpc) is 3.89. The smallest absolute Gasteiger partial charge is 0.309 e. The van der Waals surface area contributed by atoms with Gasteiger partial charge in [-0.1, -0.05) is 47.5 Å². The molecular formula is C44H50Cl2FN7O5. The lowest BCUT2D eigenvalue weighted by Crippen LogP contribution is -2.44. The van der Waals surface area contributed by atoms with Gasteiger partial charge in [-0.3, -0.25) is 29.2 Å². The zero-order valence-corrected chi connectivity index (χ0v) is 35.1. The summed E-state index contributed by atoms with van der Waals surface area (Å²) < 4.78 is 16.4. The van der Waals surface area contributed by atoms with Crippen molar-refractivity contribution in [3.63, 3.8) is 0 Å². The van der Waals surface area contributed by atoms with Gasteiger partial charge in [0.05, 0.1) is 38.1 Å². The molecule has 4 N–H and O–H groups in total. The number of carbonyl (C=O) groups excluding carboxylic acids is 2. The number of aliphatic carboxylic acids is 1. The predicted octanol–water partition coefficient (Wildman–Crippen LogP) is 7.54. The third kappa shape index (κ3) is 8.12. The van der Waals surface area contributed by atoms with Crippen LogP contribution in [0.25, 0.3) is 11.1 Å². The molecule has 2 aromatic heterocycles. The molecule has 2 saturated carbocycles. The van der Waals surface area contributed by atoms with Gasteiger partial charge in [0.25, 0.3) is 11.8 Å². The Hall–Kier alpha value is -4.40. The number of alkyl halides is 1. The second-order valence-electron chi connectivity index (χ2n) is 17.6. The third-order valence-corrected chi connectivity index (χ3v) is 14.1. The van der Waals surface area contributed by atoms with Crippen molar-refractivity contribution in [2.45, 2.75) is 90.1 Å². The fraction of sp³-hybridized carbons (Fsp3) is 0.477. The van der Waals surface area contributed by atoms with E-state index in [1.165, 1.54) is 13.8 Å². The van der Waals surface area contributed by atoms with Gasteiger partial charge in [0, 0.05) is 69.2 Å². The number of amides is 2. The van der Waals surface area contributed by atoms with Crippen molar-refractivity contribution in [3.05, 3.63) is 92.7 Å². The molecular weight excluding hydrogens is 796 g/mol. The minimum atomic E-state index is -1.43. The Morgan fingerprint density at radius 2 is 1.56 bits per heavy atom. The van der Waals surface area contributed by atoms with Crippen LogP contribution < -0.4 is 10.6 Å². The molecule has 2 amide bonds. The van der Waals surface area contributed by atoms with E-state index in [0.29, 0.717) is 48.6 Å². The summed E-state index contributed by atoms with van der Waals surface area (Å²) >= 11 is 13.9. The zero-order valence-electron chi connectivity index (χ0n) is 33.6. The van der Waals surface area contributed by atoms with Crippen molar-refractivity contribution in [2.24, 2.45) is 17.9 Å². The van der Waals surface area contributed by atoms with Crippen molar-refractivity contribution in [3.8, 4) is 11.1 Å². The summed E-state index contributed by atoms with van der Waals surface area (Å²) in [5, 5.41) is 26.2. The number of carboxylic acids is 1. The van der Waals surface area contributed by atoms with E-state index >= 15 is 0 Å². The van der Waals surface area contributed by atoms with Crippen LogP contribution in [0.3, 0.4) is 0 Å². The highest BCUT2D eigenvalue weighted by molar-refractivity contribution is 6.40. The molecule has 15 heteroatoms. The number of rotatable bonds is 12. The normalized spacial score (nSPS) is 22.2. The van der Waals surface area contributed by atoms with E-state index in [1.54, 1.807) is 48.7 Å². The predicted molar refractivity (Wildman–Crippen MR) is 225 cm³/mol. The summed E-state index contributed by atoms with van der Waals surface area (Å²) in [5.41, 5.74) is 3.99. The van der Waals surface area contributed by atoms with Crippen LogP contribution in [0.2, 0.25) is 10.0 Å². The molecule has 2 aromatic carbocycles.